The SMILES string of the molecule is CCCCN(C)CC(C)C(NCC)c1ccccc1. The van der Waals surface area contributed by atoms with E-state index in [-0.39, 0.29) is 0 Å². The summed E-state index contributed by atoms with van der Waals surface area (Å²) in [5.41, 5.74) is 1.40. The molecule has 0 saturated heterocycles. The maximum absolute atomic E-state index is 3.63. The quantitative estimate of drug-likeness (QED) is 0.730. The first-order valence-electron chi connectivity index (χ1n) is 7.65. The lowest BCUT2D eigenvalue weighted by Crippen LogP contribution is -2.34. The molecular formula is C17H30N2. The molecule has 0 fully saturated rings. The van der Waals surface area contributed by atoms with Gasteiger partial charge in [-0.2, -0.15) is 0 Å². The minimum atomic E-state index is 0.454. The Balaban J connectivity index is 2.60. The minimum absolute atomic E-state index is 0.454. The molecule has 1 aromatic carbocycles. The first-order chi connectivity index (χ1) is 9.19. The lowest BCUT2D eigenvalue weighted by molar-refractivity contribution is 0.245. The highest BCUT2D eigenvalue weighted by molar-refractivity contribution is 5.19. The van der Waals surface area contributed by atoms with Crippen LogP contribution in [0.3, 0.4) is 0 Å². The van der Waals surface area contributed by atoms with Gasteiger partial charge in [0.05, 0.1) is 0 Å². The van der Waals surface area contributed by atoms with Crippen LogP contribution in [-0.2, 0) is 0 Å². The van der Waals surface area contributed by atoms with Crippen LogP contribution in [0, 0.1) is 5.92 Å². The molecule has 0 bridgehead atoms. The first-order valence-corrected chi connectivity index (χ1v) is 7.65. The zero-order valence-corrected chi connectivity index (χ0v) is 13.0. The van der Waals surface area contributed by atoms with E-state index < -0.39 is 0 Å². The highest BCUT2D eigenvalue weighted by Gasteiger charge is 2.19. The van der Waals surface area contributed by atoms with Gasteiger partial charge in [-0.1, -0.05) is 57.5 Å². The fraction of sp³-hybridized carbons (Fsp3) is 0.647. The van der Waals surface area contributed by atoms with Crippen LogP contribution in [0.25, 0.3) is 0 Å². The number of benzene rings is 1. The van der Waals surface area contributed by atoms with Crippen molar-refractivity contribution in [3.8, 4) is 0 Å². The van der Waals surface area contributed by atoms with E-state index in [9.17, 15) is 0 Å². The smallest absolute Gasteiger partial charge is 0.0358 e. The Morgan fingerprint density at radius 2 is 1.84 bits per heavy atom. The molecule has 0 aliphatic carbocycles. The second-order valence-electron chi connectivity index (χ2n) is 5.54. The second-order valence-corrected chi connectivity index (χ2v) is 5.54. The number of hydrogen-bond acceptors (Lipinski definition) is 2. The van der Waals surface area contributed by atoms with Gasteiger partial charge in [-0.3, -0.25) is 0 Å². The van der Waals surface area contributed by atoms with Crippen molar-refractivity contribution >= 4 is 0 Å². The van der Waals surface area contributed by atoms with Crippen molar-refractivity contribution in [3.63, 3.8) is 0 Å². The molecule has 2 nitrogen and oxygen atoms in total. The Kier molecular flexibility index (Phi) is 7.76. The van der Waals surface area contributed by atoms with E-state index in [0.29, 0.717) is 12.0 Å². The van der Waals surface area contributed by atoms with Crippen LogP contribution in [0.2, 0.25) is 0 Å². The molecule has 0 radical (unpaired) electrons. The molecule has 0 heterocycles. The highest BCUT2D eigenvalue weighted by atomic mass is 15.1. The van der Waals surface area contributed by atoms with Crippen LogP contribution in [-0.4, -0.2) is 31.6 Å². The maximum atomic E-state index is 3.63. The summed E-state index contributed by atoms with van der Waals surface area (Å²) in [5.74, 6) is 0.615. The fourth-order valence-corrected chi connectivity index (χ4v) is 2.64. The average Bonchev–Trinajstić information content (AvgIpc) is 2.43. The Morgan fingerprint density at radius 3 is 2.42 bits per heavy atom. The van der Waals surface area contributed by atoms with Gasteiger partial charge in [0.15, 0.2) is 0 Å². The summed E-state index contributed by atoms with van der Waals surface area (Å²) >= 11 is 0. The van der Waals surface area contributed by atoms with Crippen molar-refractivity contribution in [1.82, 2.24) is 10.2 Å². The summed E-state index contributed by atoms with van der Waals surface area (Å²) < 4.78 is 0. The molecule has 0 aliphatic rings. The highest BCUT2D eigenvalue weighted by Crippen LogP contribution is 2.22. The van der Waals surface area contributed by atoms with Crippen LogP contribution in [0.4, 0.5) is 0 Å². The lowest BCUT2D eigenvalue weighted by Gasteiger charge is -2.29. The summed E-state index contributed by atoms with van der Waals surface area (Å²) in [6.45, 7) is 10.2. The topological polar surface area (TPSA) is 15.3 Å². The van der Waals surface area contributed by atoms with Gasteiger partial charge in [0, 0.05) is 12.6 Å². The van der Waals surface area contributed by atoms with Gasteiger partial charge in [0.2, 0.25) is 0 Å². The monoisotopic (exact) mass is 262 g/mol. The van der Waals surface area contributed by atoms with Gasteiger partial charge in [0.25, 0.3) is 0 Å². The standard InChI is InChI=1S/C17H30N2/c1-5-7-13-19(4)14-15(3)17(18-6-2)16-11-9-8-10-12-16/h8-12,15,17-18H,5-7,13-14H2,1-4H3. The molecule has 1 rings (SSSR count). The molecule has 0 amide bonds. The normalized spacial score (nSPS) is 14.6. The predicted octanol–water partition coefficient (Wildman–Crippen LogP) is 3.71. The van der Waals surface area contributed by atoms with Crippen molar-refractivity contribution in [2.24, 2.45) is 5.92 Å². The fourth-order valence-electron chi connectivity index (χ4n) is 2.64. The van der Waals surface area contributed by atoms with Crippen LogP contribution in [0.15, 0.2) is 30.3 Å². The summed E-state index contributed by atoms with van der Waals surface area (Å²) in [7, 11) is 2.24. The Hall–Kier alpha value is -0.860. The lowest BCUT2D eigenvalue weighted by atomic mass is 9.94. The van der Waals surface area contributed by atoms with Gasteiger partial charge < -0.3 is 10.2 Å². The molecule has 0 saturated carbocycles. The van der Waals surface area contributed by atoms with Crippen LogP contribution in [0.1, 0.15) is 45.2 Å². The molecular weight excluding hydrogens is 232 g/mol. The summed E-state index contributed by atoms with van der Waals surface area (Å²) in [5, 5.41) is 3.63. The summed E-state index contributed by atoms with van der Waals surface area (Å²) in [4.78, 5) is 2.46. The predicted molar refractivity (Wildman–Crippen MR) is 84.4 cm³/mol. The summed E-state index contributed by atoms with van der Waals surface area (Å²) in [6, 6.07) is 11.3. The van der Waals surface area contributed by atoms with Crippen molar-refractivity contribution in [2.45, 2.75) is 39.7 Å². The van der Waals surface area contributed by atoms with Crippen LogP contribution >= 0.6 is 0 Å². The number of hydrogen-bond donors (Lipinski definition) is 1. The molecule has 1 aromatic rings. The van der Waals surface area contributed by atoms with Crippen LogP contribution in [0.5, 0.6) is 0 Å². The molecule has 0 spiro atoms. The van der Waals surface area contributed by atoms with E-state index in [0.717, 1.165) is 13.1 Å². The third kappa shape index (κ3) is 5.75. The number of nitrogens with zero attached hydrogens (tertiary/aromatic N) is 1. The second kappa shape index (κ2) is 9.11. The van der Waals surface area contributed by atoms with Gasteiger partial charge in [0.1, 0.15) is 0 Å². The van der Waals surface area contributed by atoms with Crippen molar-refractivity contribution in [3.05, 3.63) is 35.9 Å². The zero-order valence-electron chi connectivity index (χ0n) is 13.0. The van der Waals surface area contributed by atoms with Gasteiger partial charge >= 0.3 is 0 Å². The van der Waals surface area contributed by atoms with Crippen molar-refractivity contribution < 1.29 is 0 Å². The van der Waals surface area contributed by atoms with E-state index in [1.165, 1.54) is 24.9 Å². The Bertz CT molecular complexity index is 323. The summed E-state index contributed by atoms with van der Waals surface area (Å²) in [6.07, 6.45) is 2.56. The van der Waals surface area contributed by atoms with Crippen molar-refractivity contribution in [1.29, 1.82) is 0 Å². The molecule has 108 valence electrons. The molecule has 1 N–H and O–H groups in total. The largest absolute Gasteiger partial charge is 0.310 e. The first kappa shape index (κ1) is 16.2. The maximum Gasteiger partial charge on any atom is 0.0358 e. The minimum Gasteiger partial charge on any atom is -0.310 e. The molecule has 0 aromatic heterocycles. The number of rotatable bonds is 9. The van der Waals surface area contributed by atoms with E-state index in [1.807, 2.05) is 0 Å². The number of nitrogens with one attached hydrogen (secondary N) is 1. The van der Waals surface area contributed by atoms with E-state index in [1.54, 1.807) is 0 Å². The van der Waals surface area contributed by atoms with Gasteiger partial charge in [-0.25, -0.2) is 0 Å². The molecule has 2 unspecified atom stereocenters. The Morgan fingerprint density at radius 1 is 1.16 bits per heavy atom. The van der Waals surface area contributed by atoms with E-state index in [4.69, 9.17) is 0 Å². The van der Waals surface area contributed by atoms with E-state index >= 15 is 0 Å². The third-order valence-electron chi connectivity index (χ3n) is 3.64. The van der Waals surface area contributed by atoms with Crippen LogP contribution < -0.4 is 5.32 Å². The average molecular weight is 262 g/mol. The molecule has 2 heteroatoms. The van der Waals surface area contributed by atoms with E-state index in [2.05, 4.69) is 68.4 Å². The molecule has 19 heavy (non-hydrogen) atoms. The van der Waals surface area contributed by atoms with Crippen molar-refractivity contribution in [2.75, 3.05) is 26.7 Å². The zero-order chi connectivity index (χ0) is 14.1. The Labute approximate surface area is 119 Å². The van der Waals surface area contributed by atoms with Gasteiger partial charge in [-0.15, -0.1) is 0 Å². The molecule has 2 atom stereocenters. The molecule has 0 aliphatic heterocycles. The third-order valence-corrected chi connectivity index (χ3v) is 3.64. The number of unbranched alkanes of at least 4 members (excludes halogenated alkanes) is 1. The van der Waals surface area contributed by atoms with Gasteiger partial charge in [-0.05, 0) is 38.0 Å².